The van der Waals surface area contributed by atoms with Crippen molar-refractivity contribution in [2.24, 2.45) is 10.7 Å². The number of anilines is 1. The average Bonchev–Trinajstić information content (AvgIpc) is 2.91. The van der Waals surface area contributed by atoms with Gasteiger partial charge in [-0.3, -0.25) is 4.99 Å². The topological polar surface area (TPSA) is 105 Å². The van der Waals surface area contributed by atoms with Crippen molar-refractivity contribution < 1.29 is 0 Å². The second kappa shape index (κ2) is 8.33. The Morgan fingerprint density at radius 3 is 2.82 bits per heavy atom. The van der Waals surface area contributed by atoms with E-state index in [-0.39, 0.29) is 29.8 Å². The Hall–Kier alpha value is -2.15. The van der Waals surface area contributed by atoms with Gasteiger partial charge >= 0.3 is 0 Å². The van der Waals surface area contributed by atoms with E-state index in [1.807, 2.05) is 31.2 Å². The number of halogens is 1. The van der Waals surface area contributed by atoms with E-state index in [9.17, 15) is 0 Å². The third-order valence-corrected chi connectivity index (χ3v) is 3.03. The molecule has 1 aromatic heterocycles. The summed E-state index contributed by atoms with van der Waals surface area (Å²) in [7, 11) is 0. The molecule has 0 amide bonds. The van der Waals surface area contributed by atoms with Crippen LogP contribution in [0.5, 0.6) is 0 Å². The second-order valence-corrected chi connectivity index (χ2v) is 4.63. The second-order valence-electron chi connectivity index (χ2n) is 4.63. The van der Waals surface area contributed by atoms with Crippen molar-refractivity contribution in [2.75, 3.05) is 11.9 Å². The van der Waals surface area contributed by atoms with Gasteiger partial charge in [-0.05, 0) is 37.1 Å². The van der Waals surface area contributed by atoms with Crippen LogP contribution in [0.25, 0.3) is 0 Å². The minimum absolute atomic E-state index is 0. The lowest BCUT2D eigenvalue weighted by atomic mass is 10.1. The summed E-state index contributed by atoms with van der Waals surface area (Å²) in [6.45, 7) is 5.08. The minimum atomic E-state index is 0. The molecule has 22 heavy (non-hydrogen) atoms. The van der Waals surface area contributed by atoms with Gasteiger partial charge in [-0.1, -0.05) is 6.07 Å². The number of nitrogens with two attached hydrogens (primary N) is 1. The highest BCUT2D eigenvalue weighted by molar-refractivity contribution is 14.0. The molecule has 116 valence electrons. The Bertz CT molecular complexity index is 699. The van der Waals surface area contributed by atoms with Crippen molar-refractivity contribution in [3.05, 3.63) is 41.5 Å². The lowest BCUT2D eigenvalue weighted by molar-refractivity contribution is 0.622. The molecule has 7 nitrogen and oxygen atoms in total. The van der Waals surface area contributed by atoms with E-state index in [2.05, 4.69) is 27.3 Å². The van der Waals surface area contributed by atoms with Crippen LogP contribution in [-0.2, 0) is 6.54 Å². The highest BCUT2D eigenvalue weighted by atomic mass is 127. The van der Waals surface area contributed by atoms with Gasteiger partial charge in [0.15, 0.2) is 5.96 Å². The standard InChI is InChI=1S/C14H17N7.HI/c1-10-3-4-12(7-11(10)2)19-14(16)17-5-6-21-9-18-13(8-15)20-21;/h3-4,7,9H,5-6H2,1-2H3,(H3,16,17,19);1H. The molecule has 2 rings (SSSR count). The minimum Gasteiger partial charge on any atom is -0.370 e. The van der Waals surface area contributed by atoms with Crippen LogP contribution in [-0.4, -0.2) is 27.3 Å². The smallest absolute Gasteiger partial charge is 0.252 e. The molecule has 2 aromatic rings. The summed E-state index contributed by atoms with van der Waals surface area (Å²) in [4.78, 5) is 8.03. The summed E-state index contributed by atoms with van der Waals surface area (Å²) in [5.41, 5.74) is 9.17. The maximum atomic E-state index is 8.62. The highest BCUT2D eigenvalue weighted by Crippen LogP contribution is 2.13. The van der Waals surface area contributed by atoms with Crippen LogP contribution in [0, 0.1) is 25.2 Å². The largest absolute Gasteiger partial charge is 0.370 e. The van der Waals surface area contributed by atoms with Gasteiger partial charge in [0.1, 0.15) is 12.4 Å². The van der Waals surface area contributed by atoms with E-state index in [1.165, 1.54) is 17.5 Å². The summed E-state index contributed by atoms with van der Waals surface area (Å²) in [5.74, 6) is 0.499. The normalized spacial score (nSPS) is 10.7. The van der Waals surface area contributed by atoms with E-state index in [1.54, 1.807) is 4.68 Å². The molecule has 0 atom stereocenters. The molecule has 1 heterocycles. The number of guanidine groups is 1. The number of rotatable bonds is 4. The third-order valence-electron chi connectivity index (χ3n) is 3.03. The van der Waals surface area contributed by atoms with Crippen molar-refractivity contribution in [3.8, 4) is 6.07 Å². The highest BCUT2D eigenvalue weighted by Gasteiger charge is 2.00. The van der Waals surface area contributed by atoms with Crippen LogP contribution in [0.1, 0.15) is 17.0 Å². The lowest BCUT2D eigenvalue weighted by Crippen LogP contribution is -2.23. The molecule has 0 aliphatic heterocycles. The molecule has 8 heteroatoms. The molecule has 0 saturated heterocycles. The van der Waals surface area contributed by atoms with Crippen LogP contribution in [0.4, 0.5) is 5.69 Å². The van der Waals surface area contributed by atoms with Gasteiger partial charge in [-0.25, -0.2) is 9.67 Å². The van der Waals surface area contributed by atoms with Crippen LogP contribution in [0.2, 0.25) is 0 Å². The Morgan fingerprint density at radius 2 is 2.18 bits per heavy atom. The number of nitrogens with zero attached hydrogens (tertiary/aromatic N) is 5. The molecule has 1 aromatic carbocycles. The Morgan fingerprint density at radius 1 is 1.41 bits per heavy atom. The van der Waals surface area contributed by atoms with Crippen molar-refractivity contribution in [3.63, 3.8) is 0 Å². The zero-order chi connectivity index (χ0) is 15.2. The summed E-state index contributed by atoms with van der Waals surface area (Å²) in [6.07, 6.45) is 1.50. The fourth-order valence-electron chi connectivity index (χ4n) is 1.73. The molecular formula is C14H18IN7. The quantitative estimate of drug-likeness (QED) is 0.454. The molecule has 0 radical (unpaired) electrons. The number of aromatic nitrogens is 3. The van der Waals surface area contributed by atoms with Crippen LogP contribution in [0.15, 0.2) is 29.5 Å². The van der Waals surface area contributed by atoms with Gasteiger partial charge < -0.3 is 11.1 Å². The SMILES string of the molecule is Cc1ccc(NC(N)=NCCn2cnc(C#N)n2)cc1C.I. The molecule has 0 spiro atoms. The number of nitrogens with one attached hydrogen (secondary N) is 1. The fourth-order valence-corrected chi connectivity index (χ4v) is 1.73. The number of hydrogen-bond donors (Lipinski definition) is 2. The lowest BCUT2D eigenvalue weighted by Gasteiger charge is -2.08. The average molecular weight is 411 g/mol. The molecule has 0 aliphatic carbocycles. The summed E-state index contributed by atoms with van der Waals surface area (Å²) < 4.78 is 1.56. The van der Waals surface area contributed by atoms with Crippen LogP contribution in [0.3, 0.4) is 0 Å². The molecule has 0 bridgehead atoms. The van der Waals surface area contributed by atoms with Gasteiger partial charge in [-0.15, -0.1) is 29.1 Å². The van der Waals surface area contributed by atoms with Gasteiger partial charge in [0.05, 0.1) is 13.1 Å². The molecule has 0 saturated carbocycles. The summed E-state index contributed by atoms with van der Waals surface area (Å²) >= 11 is 0. The maximum absolute atomic E-state index is 8.62. The van der Waals surface area contributed by atoms with Crippen molar-refractivity contribution in [1.82, 2.24) is 14.8 Å². The molecule has 0 unspecified atom stereocenters. The Balaban J connectivity index is 0.00000242. The van der Waals surface area contributed by atoms with Crippen LogP contribution >= 0.6 is 24.0 Å². The zero-order valence-corrected chi connectivity index (χ0v) is 14.8. The zero-order valence-electron chi connectivity index (χ0n) is 12.4. The van der Waals surface area contributed by atoms with Crippen LogP contribution < -0.4 is 11.1 Å². The van der Waals surface area contributed by atoms with E-state index in [0.717, 1.165) is 5.69 Å². The third kappa shape index (κ3) is 5.00. The summed E-state index contributed by atoms with van der Waals surface area (Å²) in [6, 6.07) is 7.89. The number of hydrogen-bond acceptors (Lipinski definition) is 4. The molecule has 3 N–H and O–H groups in total. The molecule has 0 fully saturated rings. The van der Waals surface area contributed by atoms with E-state index < -0.39 is 0 Å². The van der Waals surface area contributed by atoms with Gasteiger partial charge in [0, 0.05) is 5.69 Å². The first kappa shape index (κ1) is 17.9. The van der Waals surface area contributed by atoms with E-state index in [0.29, 0.717) is 19.0 Å². The Kier molecular flexibility index (Phi) is 6.78. The molecular weight excluding hydrogens is 393 g/mol. The number of aliphatic imine (C=N–C) groups is 1. The van der Waals surface area contributed by atoms with Gasteiger partial charge in [0.2, 0.25) is 0 Å². The monoisotopic (exact) mass is 411 g/mol. The first-order valence-electron chi connectivity index (χ1n) is 6.52. The summed E-state index contributed by atoms with van der Waals surface area (Å²) in [5, 5.41) is 15.6. The van der Waals surface area contributed by atoms with E-state index >= 15 is 0 Å². The number of aryl methyl sites for hydroxylation is 2. The number of benzene rings is 1. The van der Waals surface area contributed by atoms with Gasteiger partial charge in [0.25, 0.3) is 5.82 Å². The Labute approximate surface area is 146 Å². The van der Waals surface area contributed by atoms with E-state index in [4.69, 9.17) is 11.0 Å². The maximum Gasteiger partial charge on any atom is 0.252 e. The van der Waals surface area contributed by atoms with Crippen molar-refractivity contribution >= 4 is 35.6 Å². The predicted molar refractivity (Wildman–Crippen MR) is 96.2 cm³/mol. The predicted octanol–water partition coefficient (Wildman–Crippen LogP) is 1.81. The molecule has 0 aliphatic rings. The van der Waals surface area contributed by atoms with Crippen molar-refractivity contribution in [2.45, 2.75) is 20.4 Å². The fraction of sp³-hybridized carbons (Fsp3) is 0.286. The van der Waals surface area contributed by atoms with Gasteiger partial charge in [-0.2, -0.15) is 5.26 Å². The first-order chi connectivity index (χ1) is 10.1. The van der Waals surface area contributed by atoms with Crippen molar-refractivity contribution in [1.29, 1.82) is 5.26 Å². The first-order valence-corrected chi connectivity index (χ1v) is 6.52. The number of nitriles is 1.